The number of carboxylic acids is 1. The molecule has 2 amide bonds. The largest absolute Gasteiger partial charge is 0.480 e. The average molecular weight is 290 g/mol. The molecular formula is C11H18N2O5S. The first-order chi connectivity index (χ1) is 9.04. The van der Waals surface area contributed by atoms with Crippen LogP contribution in [0.5, 0.6) is 0 Å². The number of morpholine rings is 1. The number of carbonyl (C=O) groups is 2. The topological polar surface area (TPSA) is 90.3 Å². The Bertz CT molecular complexity index is 367. The molecule has 2 N–H and O–H groups in total. The van der Waals surface area contributed by atoms with Gasteiger partial charge in [0.1, 0.15) is 6.04 Å². The van der Waals surface area contributed by atoms with Gasteiger partial charge in [-0.05, 0) is 6.92 Å². The van der Waals surface area contributed by atoms with Crippen LogP contribution in [0.4, 0.5) is 4.79 Å². The minimum Gasteiger partial charge on any atom is -0.480 e. The predicted octanol–water partition coefficient (Wildman–Crippen LogP) is -0.353. The molecule has 108 valence electrons. The van der Waals surface area contributed by atoms with Gasteiger partial charge >= 0.3 is 12.0 Å². The van der Waals surface area contributed by atoms with Crippen LogP contribution >= 0.6 is 11.8 Å². The highest BCUT2D eigenvalue weighted by Crippen LogP contribution is 2.24. The van der Waals surface area contributed by atoms with Crippen LogP contribution in [0.15, 0.2) is 0 Å². The third kappa shape index (κ3) is 2.96. The minimum atomic E-state index is -0.974. The van der Waals surface area contributed by atoms with Crippen molar-refractivity contribution < 1.29 is 24.5 Å². The highest BCUT2D eigenvalue weighted by molar-refractivity contribution is 7.99. The van der Waals surface area contributed by atoms with Gasteiger partial charge in [0.2, 0.25) is 0 Å². The summed E-state index contributed by atoms with van der Waals surface area (Å²) < 4.78 is 5.37. The minimum absolute atomic E-state index is 0.115. The molecule has 7 nitrogen and oxygen atoms in total. The van der Waals surface area contributed by atoms with E-state index in [1.807, 2.05) is 6.92 Å². The third-order valence-corrected chi connectivity index (χ3v) is 4.38. The lowest BCUT2D eigenvalue weighted by Crippen LogP contribution is -2.57. The van der Waals surface area contributed by atoms with Crippen LogP contribution in [0.2, 0.25) is 0 Å². The molecule has 3 atom stereocenters. The molecule has 19 heavy (non-hydrogen) atoms. The number of carbonyl (C=O) groups excluding carboxylic acids is 1. The maximum atomic E-state index is 12.4. The van der Waals surface area contributed by atoms with E-state index in [1.165, 1.54) is 16.7 Å². The molecule has 2 aliphatic heterocycles. The summed E-state index contributed by atoms with van der Waals surface area (Å²) in [6, 6.07) is -1.16. The van der Waals surface area contributed by atoms with Gasteiger partial charge in [-0.25, -0.2) is 9.59 Å². The number of amides is 2. The molecule has 0 aromatic heterocycles. The fraction of sp³-hybridized carbons (Fsp3) is 0.818. The molecular weight excluding hydrogens is 272 g/mol. The van der Waals surface area contributed by atoms with Gasteiger partial charge in [-0.3, -0.25) is 0 Å². The second-order valence-corrected chi connectivity index (χ2v) is 5.75. The van der Waals surface area contributed by atoms with Gasteiger partial charge < -0.3 is 24.7 Å². The quantitative estimate of drug-likeness (QED) is 0.722. The number of nitrogens with zero attached hydrogens (tertiary/aromatic N) is 2. The lowest BCUT2D eigenvalue weighted by atomic mass is 10.2. The fourth-order valence-corrected chi connectivity index (χ4v) is 3.33. The van der Waals surface area contributed by atoms with E-state index in [0.717, 1.165) is 0 Å². The normalized spacial score (nSPS) is 31.6. The number of thioether (sulfide) groups is 1. The van der Waals surface area contributed by atoms with Crippen molar-refractivity contribution in [2.24, 2.45) is 0 Å². The lowest BCUT2D eigenvalue weighted by Gasteiger charge is -2.39. The van der Waals surface area contributed by atoms with Crippen molar-refractivity contribution in [2.75, 3.05) is 31.4 Å². The zero-order chi connectivity index (χ0) is 14.0. The number of ether oxygens (including phenoxy) is 1. The van der Waals surface area contributed by atoms with E-state index in [0.29, 0.717) is 24.8 Å². The first-order valence-electron chi connectivity index (χ1n) is 6.14. The van der Waals surface area contributed by atoms with Gasteiger partial charge in [-0.1, -0.05) is 0 Å². The van der Waals surface area contributed by atoms with Crippen LogP contribution in [0, 0.1) is 0 Å². The Morgan fingerprint density at radius 2 is 2.16 bits per heavy atom. The number of rotatable bonds is 2. The van der Waals surface area contributed by atoms with E-state index in [4.69, 9.17) is 14.9 Å². The molecule has 0 radical (unpaired) electrons. The number of hydrogen-bond donors (Lipinski definition) is 2. The Labute approximate surface area is 115 Å². The summed E-state index contributed by atoms with van der Waals surface area (Å²) in [4.78, 5) is 26.5. The molecule has 0 aromatic carbocycles. The van der Waals surface area contributed by atoms with Crippen LogP contribution < -0.4 is 0 Å². The van der Waals surface area contributed by atoms with Crippen LogP contribution in [0.25, 0.3) is 0 Å². The number of aliphatic carboxylic acids is 1. The number of hydrogen-bond acceptors (Lipinski definition) is 5. The number of aliphatic hydroxyl groups excluding tert-OH is 1. The van der Waals surface area contributed by atoms with Crippen LogP contribution in [0.3, 0.4) is 0 Å². The molecule has 2 unspecified atom stereocenters. The highest BCUT2D eigenvalue weighted by atomic mass is 32.2. The van der Waals surface area contributed by atoms with E-state index in [2.05, 4.69) is 0 Å². The fourth-order valence-electron chi connectivity index (χ4n) is 2.20. The van der Waals surface area contributed by atoms with E-state index < -0.39 is 18.1 Å². The summed E-state index contributed by atoms with van der Waals surface area (Å²) in [5.74, 6) is -0.162. The third-order valence-electron chi connectivity index (χ3n) is 3.37. The smallest absolute Gasteiger partial charge is 0.327 e. The van der Waals surface area contributed by atoms with Gasteiger partial charge in [-0.15, -0.1) is 11.8 Å². The van der Waals surface area contributed by atoms with E-state index >= 15 is 0 Å². The second-order valence-electron chi connectivity index (χ2n) is 4.75. The van der Waals surface area contributed by atoms with Crippen molar-refractivity contribution in [1.82, 2.24) is 9.80 Å². The Balaban J connectivity index is 2.07. The summed E-state index contributed by atoms with van der Waals surface area (Å²) in [5.41, 5.74) is 0. The Kier molecular flexibility index (Phi) is 4.54. The van der Waals surface area contributed by atoms with Crippen LogP contribution in [-0.4, -0.2) is 81.6 Å². The lowest BCUT2D eigenvalue weighted by molar-refractivity contribution is -0.141. The number of aliphatic hydroxyl groups is 1. The molecule has 0 bridgehead atoms. The summed E-state index contributed by atoms with van der Waals surface area (Å²) in [6.07, 6.45) is -0.390. The first kappa shape index (κ1) is 14.4. The molecule has 8 heteroatoms. The number of carboxylic acid groups (broad SMARTS) is 1. The summed E-state index contributed by atoms with van der Waals surface area (Å²) >= 11 is 1.44. The summed E-state index contributed by atoms with van der Waals surface area (Å²) in [5, 5.41) is 18.2. The van der Waals surface area contributed by atoms with Crippen LogP contribution in [0.1, 0.15) is 6.92 Å². The molecule has 0 spiro atoms. The van der Waals surface area contributed by atoms with Crippen LogP contribution in [-0.2, 0) is 9.53 Å². The summed E-state index contributed by atoms with van der Waals surface area (Å²) in [6.45, 7) is 2.36. The van der Waals surface area contributed by atoms with Crippen molar-refractivity contribution >= 4 is 23.8 Å². The van der Waals surface area contributed by atoms with Crippen molar-refractivity contribution in [3.63, 3.8) is 0 Å². The van der Waals surface area contributed by atoms with Crippen molar-refractivity contribution in [2.45, 2.75) is 25.1 Å². The molecule has 2 saturated heterocycles. The average Bonchev–Trinajstić information content (AvgIpc) is 2.88. The number of urea groups is 1. The Morgan fingerprint density at radius 1 is 1.42 bits per heavy atom. The molecule has 2 aliphatic rings. The molecule has 2 fully saturated rings. The van der Waals surface area contributed by atoms with E-state index in [1.54, 1.807) is 4.90 Å². The Hall–Kier alpha value is -0.990. The zero-order valence-corrected chi connectivity index (χ0v) is 11.5. The van der Waals surface area contributed by atoms with Gasteiger partial charge in [0.25, 0.3) is 0 Å². The van der Waals surface area contributed by atoms with Gasteiger partial charge in [0.15, 0.2) is 0 Å². The van der Waals surface area contributed by atoms with Gasteiger partial charge in [-0.2, -0.15) is 0 Å². The maximum Gasteiger partial charge on any atom is 0.327 e. The molecule has 2 heterocycles. The van der Waals surface area contributed by atoms with Crippen molar-refractivity contribution in [3.8, 4) is 0 Å². The molecule has 2 rings (SSSR count). The second kappa shape index (κ2) is 5.98. The zero-order valence-electron chi connectivity index (χ0n) is 10.7. The maximum absolute atomic E-state index is 12.4. The standard InChI is InChI=1S/C11H18N2O5S/c1-7-4-18-8(3-14)2-12(7)11(17)13-6-19-5-9(13)10(15)16/h7-9,14H,2-6H2,1H3,(H,15,16)/t7?,8?,9-/m0/s1. The monoisotopic (exact) mass is 290 g/mol. The molecule has 0 aliphatic carbocycles. The van der Waals surface area contributed by atoms with Gasteiger partial charge in [0.05, 0.1) is 37.8 Å². The molecule has 0 saturated carbocycles. The van der Waals surface area contributed by atoms with Crippen molar-refractivity contribution in [1.29, 1.82) is 0 Å². The van der Waals surface area contributed by atoms with E-state index in [9.17, 15) is 9.59 Å². The molecule has 0 aromatic rings. The van der Waals surface area contributed by atoms with Gasteiger partial charge in [0, 0.05) is 5.75 Å². The SMILES string of the molecule is CC1COC(CO)CN1C(=O)N1CSC[C@H]1C(=O)O. The first-order valence-corrected chi connectivity index (χ1v) is 7.30. The van der Waals surface area contributed by atoms with Crippen molar-refractivity contribution in [3.05, 3.63) is 0 Å². The predicted molar refractivity (Wildman–Crippen MR) is 69.0 cm³/mol. The van der Waals surface area contributed by atoms with E-state index in [-0.39, 0.29) is 18.7 Å². The Morgan fingerprint density at radius 3 is 2.79 bits per heavy atom. The summed E-state index contributed by atoms with van der Waals surface area (Å²) in [7, 11) is 0. The highest BCUT2D eigenvalue weighted by Gasteiger charge is 2.39.